The van der Waals surface area contributed by atoms with Crippen molar-refractivity contribution in [2.45, 2.75) is 19.3 Å². The van der Waals surface area contributed by atoms with Crippen LogP contribution in [0.25, 0.3) is 0 Å². The molecule has 0 amide bonds. The predicted octanol–water partition coefficient (Wildman–Crippen LogP) is 3.78. The molecule has 0 aliphatic heterocycles. The fraction of sp³-hybridized carbons (Fsp3) is 0.200. The SMILES string of the molecule is NCc1cccc(CNc2ccc(C(F)(F)F)cc2)c1. The van der Waals surface area contributed by atoms with E-state index < -0.39 is 11.7 Å². The van der Waals surface area contributed by atoms with Crippen molar-refractivity contribution in [3.05, 3.63) is 65.2 Å². The normalized spacial score (nSPS) is 11.4. The van der Waals surface area contributed by atoms with Gasteiger partial charge >= 0.3 is 6.18 Å². The smallest absolute Gasteiger partial charge is 0.381 e. The first kappa shape index (κ1) is 14.4. The van der Waals surface area contributed by atoms with Gasteiger partial charge in [0, 0.05) is 18.8 Å². The summed E-state index contributed by atoms with van der Waals surface area (Å²) in [6.07, 6.45) is -4.30. The molecule has 0 spiro atoms. The Hall–Kier alpha value is -2.01. The summed E-state index contributed by atoms with van der Waals surface area (Å²) in [7, 11) is 0. The zero-order valence-corrected chi connectivity index (χ0v) is 10.7. The molecule has 0 heterocycles. The third kappa shape index (κ3) is 3.74. The third-order valence-electron chi connectivity index (χ3n) is 2.94. The molecular formula is C15H15F3N2. The Balaban J connectivity index is 2.00. The van der Waals surface area contributed by atoms with Crippen LogP contribution in [-0.4, -0.2) is 0 Å². The molecule has 0 aliphatic carbocycles. The summed E-state index contributed by atoms with van der Waals surface area (Å²) in [4.78, 5) is 0. The van der Waals surface area contributed by atoms with E-state index in [2.05, 4.69) is 5.32 Å². The van der Waals surface area contributed by atoms with Crippen LogP contribution in [0.15, 0.2) is 48.5 Å². The van der Waals surface area contributed by atoms with Crippen LogP contribution in [0.4, 0.5) is 18.9 Å². The van der Waals surface area contributed by atoms with Crippen LogP contribution in [0.2, 0.25) is 0 Å². The van der Waals surface area contributed by atoms with E-state index >= 15 is 0 Å². The summed E-state index contributed by atoms with van der Waals surface area (Å²) in [5.74, 6) is 0. The lowest BCUT2D eigenvalue weighted by Gasteiger charge is -2.10. The molecule has 0 saturated carbocycles. The molecule has 0 aromatic heterocycles. The molecule has 0 radical (unpaired) electrons. The zero-order valence-electron chi connectivity index (χ0n) is 10.7. The average Bonchev–Trinajstić information content (AvgIpc) is 2.45. The average molecular weight is 280 g/mol. The number of hydrogen-bond acceptors (Lipinski definition) is 2. The van der Waals surface area contributed by atoms with E-state index in [9.17, 15) is 13.2 Å². The zero-order chi connectivity index (χ0) is 14.6. The molecule has 0 aliphatic rings. The third-order valence-corrected chi connectivity index (χ3v) is 2.94. The molecule has 2 nitrogen and oxygen atoms in total. The molecule has 20 heavy (non-hydrogen) atoms. The van der Waals surface area contributed by atoms with E-state index in [1.54, 1.807) is 0 Å². The molecule has 0 bridgehead atoms. The Labute approximate surface area is 115 Å². The van der Waals surface area contributed by atoms with E-state index in [-0.39, 0.29) is 0 Å². The first-order chi connectivity index (χ1) is 9.49. The van der Waals surface area contributed by atoms with Gasteiger partial charge in [0.1, 0.15) is 0 Å². The highest BCUT2D eigenvalue weighted by atomic mass is 19.4. The van der Waals surface area contributed by atoms with Gasteiger partial charge in [-0.1, -0.05) is 24.3 Å². The van der Waals surface area contributed by atoms with Crippen LogP contribution in [0, 0.1) is 0 Å². The minimum Gasteiger partial charge on any atom is -0.381 e. The maximum absolute atomic E-state index is 12.4. The van der Waals surface area contributed by atoms with Crippen molar-refractivity contribution in [3.8, 4) is 0 Å². The van der Waals surface area contributed by atoms with Crippen LogP contribution in [0.3, 0.4) is 0 Å². The first-order valence-electron chi connectivity index (χ1n) is 6.18. The molecular weight excluding hydrogens is 265 g/mol. The fourth-order valence-corrected chi connectivity index (χ4v) is 1.85. The number of nitrogens with two attached hydrogens (primary N) is 1. The van der Waals surface area contributed by atoms with Crippen LogP contribution >= 0.6 is 0 Å². The molecule has 0 saturated heterocycles. The first-order valence-corrected chi connectivity index (χ1v) is 6.18. The van der Waals surface area contributed by atoms with E-state index in [0.29, 0.717) is 18.8 Å². The molecule has 0 unspecified atom stereocenters. The van der Waals surface area contributed by atoms with Crippen LogP contribution in [0.1, 0.15) is 16.7 Å². The highest BCUT2D eigenvalue weighted by Crippen LogP contribution is 2.29. The summed E-state index contributed by atoms with van der Waals surface area (Å²) in [6, 6.07) is 12.7. The Bertz CT molecular complexity index is 562. The summed E-state index contributed by atoms with van der Waals surface area (Å²) in [6.45, 7) is 1.01. The number of anilines is 1. The van der Waals surface area contributed by atoms with Gasteiger partial charge in [0.05, 0.1) is 5.56 Å². The van der Waals surface area contributed by atoms with Gasteiger partial charge in [0.25, 0.3) is 0 Å². The molecule has 2 aromatic rings. The summed E-state index contributed by atoms with van der Waals surface area (Å²) in [5, 5.41) is 3.08. The van der Waals surface area contributed by atoms with Crippen LogP contribution < -0.4 is 11.1 Å². The van der Waals surface area contributed by atoms with Gasteiger partial charge in [-0.25, -0.2) is 0 Å². The number of nitrogens with one attached hydrogen (secondary N) is 1. The fourth-order valence-electron chi connectivity index (χ4n) is 1.85. The molecule has 5 heteroatoms. The Morgan fingerprint density at radius 1 is 0.950 bits per heavy atom. The van der Waals surface area contributed by atoms with Crippen molar-refractivity contribution in [1.82, 2.24) is 0 Å². The van der Waals surface area contributed by atoms with Crippen molar-refractivity contribution in [2.75, 3.05) is 5.32 Å². The number of rotatable bonds is 4. The second kappa shape index (κ2) is 5.96. The highest BCUT2D eigenvalue weighted by molar-refractivity contribution is 5.45. The van der Waals surface area contributed by atoms with Gasteiger partial charge in [-0.3, -0.25) is 0 Å². The Morgan fingerprint density at radius 3 is 2.20 bits per heavy atom. The van der Waals surface area contributed by atoms with Crippen molar-refractivity contribution in [2.24, 2.45) is 5.73 Å². The standard InChI is InChI=1S/C15H15F3N2/c16-15(17,18)13-4-6-14(7-5-13)20-10-12-3-1-2-11(8-12)9-19/h1-8,20H,9-10,19H2. The van der Waals surface area contributed by atoms with Gasteiger partial charge < -0.3 is 11.1 Å². The lowest BCUT2D eigenvalue weighted by molar-refractivity contribution is -0.137. The topological polar surface area (TPSA) is 38.0 Å². The van der Waals surface area contributed by atoms with Crippen LogP contribution in [-0.2, 0) is 19.3 Å². The number of hydrogen-bond donors (Lipinski definition) is 2. The maximum Gasteiger partial charge on any atom is 0.416 e. The Kier molecular flexibility index (Phi) is 4.29. The van der Waals surface area contributed by atoms with Crippen molar-refractivity contribution in [3.63, 3.8) is 0 Å². The van der Waals surface area contributed by atoms with Crippen molar-refractivity contribution < 1.29 is 13.2 Å². The summed E-state index contributed by atoms with van der Waals surface area (Å²) in [5.41, 5.74) is 7.62. The molecule has 0 fully saturated rings. The van der Waals surface area contributed by atoms with E-state index in [0.717, 1.165) is 23.3 Å². The lowest BCUT2D eigenvalue weighted by Crippen LogP contribution is -2.05. The van der Waals surface area contributed by atoms with Gasteiger partial charge in [-0.05, 0) is 35.4 Å². The van der Waals surface area contributed by atoms with E-state index in [1.165, 1.54) is 12.1 Å². The monoisotopic (exact) mass is 280 g/mol. The van der Waals surface area contributed by atoms with Crippen LogP contribution in [0.5, 0.6) is 0 Å². The van der Waals surface area contributed by atoms with Gasteiger partial charge in [0.15, 0.2) is 0 Å². The summed E-state index contributed by atoms with van der Waals surface area (Å²) >= 11 is 0. The minimum absolute atomic E-state index is 0.466. The number of benzene rings is 2. The number of alkyl halides is 3. The number of halogens is 3. The second-order valence-corrected chi connectivity index (χ2v) is 4.45. The molecule has 106 valence electrons. The Morgan fingerprint density at radius 2 is 1.60 bits per heavy atom. The highest BCUT2D eigenvalue weighted by Gasteiger charge is 2.29. The second-order valence-electron chi connectivity index (χ2n) is 4.45. The quantitative estimate of drug-likeness (QED) is 0.894. The van der Waals surface area contributed by atoms with E-state index in [4.69, 9.17) is 5.73 Å². The minimum atomic E-state index is -4.30. The van der Waals surface area contributed by atoms with Gasteiger partial charge in [-0.2, -0.15) is 13.2 Å². The predicted molar refractivity (Wildman–Crippen MR) is 73.1 cm³/mol. The lowest BCUT2D eigenvalue weighted by atomic mass is 10.1. The molecule has 0 atom stereocenters. The van der Waals surface area contributed by atoms with Crippen molar-refractivity contribution in [1.29, 1.82) is 0 Å². The maximum atomic E-state index is 12.4. The van der Waals surface area contributed by atoms with E-state index in [1.807, 2.05) is 24.3 Å². The largest absolute Gasteiger partial charge is 0.416 e. The molecule has 3 N–H and O–H groups in total. The molecule has 2 rings (SSSR count). The van der Waals surface area contributed by atoms with Gasteiger partial charge in [-0.15, -0.1) is 0 Å². The summed E-state index contributed by atoms with van der Waals surface area (Å²) < 4.78 is 37.3. The molecule has 2 aromatic carbocycles. The van der Waals surface area contributed by atoms with Crippen molar-refractivity contribution >= 4 is 5.69 Å². The van der Waals surface area contributed by atoms with Gasteiger partial charge in [0.2, 0.25) is 0 Å².